The zero-order chi connectivity index (χ0) is 11.5. The Morgan fingerprint density at radius 3 is 2.12 bits per heavy atom. The molecule has 1 rings (SSSR count). The molecule has 16 heavy (non-hydrogen) atoms. The van der Waals surface area contributed by atoms with Crippen LogP contribution in [-0.2, 0) is 0 Å². The highest BCUT2D eigenvalue weighted by Gasteiger charge is 2.30. The van der Waals surface area contributed by atoms with E-state index < -0.39 is 6.36 Å². The summed E-state index contributed by atoms with van der Waals surface area (Å²) >= 11 is 0. The van der Waals surface area contributed by atoms with Crippen LogP contribution in [0.3, 0.4) is 0 Å². The second-order valence-electron chi connectivity index (χ2n) is 2.88. The van der Waals surface area contributed by atoms with E-state index in [1.807, 2.05) is 0 Å². The summed E-state index contributed by atoms with van der Waals surface area (Å²) in [7, 11) is 0. The molecule has 90 valence electrons. The molecule has 0 bridgehead atoms. The lowest BCUT2D eigenvalue weighted by Gasteiger charge is -2.10. The van der Waals surface area contributed by atoms with Gasteiger partial charge in [0.1, 0.15) is 5.75 Å². The molecule has 0 unspecified atom stereocenters. The van der Waals surface area contributed by atoms with Gasteiger partial charge < -0.3 is 10.5 Å². The van der Waals surface area contributed by atoms with Crippen LogP contribution >= 0.6 is 12.4 Å². The summed E-state index contributed by atoms with van der Waals surface area (Å²) in [5.41, 5.74) is 6.27. The van der Waals surface area contributed by atoms with Crippen molar-refractivity contribution in [1.82, 2.24) is 0 Å². The summed E-state index contributed by atoms with van der Waals surface area (Å²) in [5.74, 6) is -0.262. The maximum atomic E-state index is 11.8. The number of rotatable bonds is 3. The van der Waals surface area contributed by atoms with Crippen molar-refractivity contribution in [3.05, 3.63) is 42.5 Å². The third-order valence-electron chi connectivity index (χ3n) is 1.75. The Morgan fingerprint density at radius 1 is 1.25 bits per heavy atom. The van der Waals surface area contributed by atoms with Crippen LogP contribution in [0.15, 0.2) is 36.9 Å². The lowest BCUT2D eigenvalue weighted by molar-refractivity contribution is -0.274. The van der Waals surface area contributed by atoms with Gasteiger partial charge in [-0.1, -0.05) is 18.2 Å². The topological polar surface area (TPSA) is 35.2 Å². The quantitative estimate of drug-likeness (QED) is 0.840. The average Bonchev–Trinajstić information content (AvgIpc) is 2.15. The van der Waals surface area contributed by atoms with Crippen LogP contribution in [0.2, 0.25) is 0 Å². The van der Waals surface area contributed by atoms with Gasteiger partial charge in [-0.2, -0.15) is 0 Å². The molecule has 0 saturated heterocycles. The minimum atomic E-state index is -4.66. The first-order valence-corrected chi connectivity index (χ1v) is 4.16. The van der Waals surface area contributed by atoms with Gasteiger partial charge in [-0.3, -0.25) is 0 Å². The van der Waals surface area contributed by atoms with Crippen molar-refractivity contribution in [3.63, 3.8) is 0 Å². The summed E-state index contributed by atoms with van der Waals surface area (Å²) in [5, 5.41) is 0. The molecule has 0 amide bonds. The fourth-order valence-corrected chi connectivity index (χ4v) is 1.03. The standard InChI is InChI=1S/C10H10F3NO.ClH/c1-2-9(14)7-3-5-8(6-4-7)15-10(11,12)13;/h2-6,9H,1,14H2;1H/t9-;/m0./s1. The summed E-state index contributed by atoms with van der Waals surface area (Å²) in [6.07, 6.45) is -3.16. The zero-order valence-electron chi connectivity index (χ0n) is 8.20. The smallest absolute Gasteiger partial charge is 0.406 e. The van der Waals surface area contributed by atoms with E-state index >= 15 is 0 Å². The van der Waals surface area contributed by atoms with E-state index in [0.29, 0.717) is 5.56 Å². The van der Waals surface area contributed by atoms with Crippen LogP contribution in [0, 0.1) is 0 Å². The maximum Gasteiger partial charge on any atom is 0.573 e. The van der Waals surface area contributed by atoms with Crippen LogP contribution in [0.1, 0.15) is 11.6 Å². The average molecular weight is 254 g/mol. The van der Waals surface area contributed by atoms with Crippen molar-refractivity contribution < 1.29 is 17.9 Å². The molecule has 0 saturated carbocycles. The highest BCUT2D eigenvalue weighted by molar-refractivity contribution is 5.85. The largest absolute Gasteiger partial charge is 0.573 e. The normalized spacial score (nSPS) is 12.5. The number of ether oxygens (including phenoxy) is 1. The fraction of sp³-hybridized carbons (Fsp3) is 0.200. The molecule has 0 fully saturated rings. The van der Waals surface area contributed by atoms with Crippen LogP contribution in [0.25, 0.3) is 0 Å². The Hall–Kier alpha value is -1.20. The molecule has 2 N–H and O–H groups in total. The summed E-state index contributed by atoms with van der Waals surface area (Å²) in [6, 6.07) is 4.98. The second kappa shape index (κ2) is 5.77. The number of hydrogen-bond acceptors (Lipinski definition) is 2. The highest BCUT2D eigenvalue weighted by Crippen LogP contribution is 2.23. The number of nitrogens with two attached hydrogens (primary N) is 1. The predicted molar refractivity (Wildman–Crippen MR) is 57.5 cm³/mol. The van der Waals surface area contributed by atoms with Crippen LogP contribution in [0.5, 0.6) is 5.75 Å². The molecule has 0 aromatic heterocycles. The van der Waals surface area contributed by atoms with E-state index in [2.05, 4.69) is 11.3 Å². The van der Waals surface area contributed by atoms with Crippen molar-refractivity contribution in [2.75, 3.05) is 0 Å². The van der Waals surface area contributed by atoms with Crippen molar-refractivity contribution in [3.8, 4) is 5.75 Å². The predicted octanol–water partition coefficient (Wildman–Crippen LogP) is 3.19. The first kappa shape index (κ1) is 14.8. The Balaban J connectivity index is 0.00000225. The second-order valence-corrected chi connectivity index (χ2v) is 2.88. The third kappa shape index (κ3) is 4.55. The monoisotopic (exact) mass is 253 g/mol. The molecule has 0 aliphatic rings. The fourth-order valence-electron chi connectivity index (χ4n) is 1.03. The molecule has 6 heteroatoms. The molecule has 0 aliphatic heterocycles. The summed E-state index contributed by atoms with van der Waals surface area (Å²) in [6.45, 7) is 3.48. The number of benzene rings is 1. The van der Waals surface area contributed by atoms with E-state index in [-0.39, 0.29) is 24.2 Å². The van der Waals surface area contributed by atoms with Crippen molar-refractivity contribution in [1.29, 1.82) is 0 Å². The lowest BCUT2D eigenvalue weighted by Crippen LogP contribution is -2.17. The van der Waals surface area contributed by atoms with E-state index in [9.17, 15) is 13.2 Å². The number of halogens is 4. The molecule has 1 aromatic carbocycles. The SMILES string of the molecule is C=C[C@H](N)c1ccc(OC(F)(F)F)cc1.Cl. The van der Waals surface area contributed by atoms with E-state index in [4.69, 9.17) is 5.73 Å². The van der Waals surface area contributed by atoms with E-state index in [1.54, 1.807) is 0 Å². The zero-order valence-corrected chi connectivity index (χ0v) is 9.02. The lowest BCUT2D eigenvalue weighted by atomic mass is 10.1. The summed E-state index contributed by atoms with van der Waals surface area (Å²) in [4.78, 5) is 0. The number of hydrogen-bond donors (Lipinski definition) is 1. The van der Waals surface area contributed by atoms with Gasteiger partial charge in [-0.25, -0.2) is 0 Å². The minimum absolute atomic E-state index is 0. The van der Waals surface area contributed by atoms with Gasteiger partial charge in [0.05, 0.1) is 0 Å². The van der Waals surface area contributed by atoms with E-state index in [1.165, 1.54) is 30.3 Å². The molecule has 1 atom stereocenters. The first-order valence-electron chi connectivity index (χ1n) is 4.16. The van der Waals surface area contributed by atoms with Gasteiger partial charge in [-0.15, -0.1) is 32.2 Å². The summed E-state index contributed by atoms with van der Waals surface area (Å²) < 4.78 is 39.1. The molecule has 0 aliphatic carbocycles. The maximum absolute atomic E-state index is 11.8. The molecular weight excluding hydrogens is 243 g/mol. The van der Waals surface area contributed by atoms with E-state index in [0.717, 1.165) is 0 Å². The van der Waals surface area contributed by atoms with Crippen molar-refractivity contribution >= 4 is 12.4 Å². The Labute approximate surface area is 97.3 Å². The Bertz CT molecular complexity index is 337. The first-order chi connectivity index (χ1) is 6.92. The van der Waals surface area contributed by atoms with Crippen LogP contribution in [-0.4, -0.2) is 6.36 Å². The molecule has 0 heterocycles. The molecular formula is C10H11ClF3NO. The Morgan fingerprint density at radius 2 is 1.75 bits per heavy atom. The van der Waals surface area contributed by atoms with Gasteiger partial charge in [0.25, 0.3) is 0 Å². The molecule has 2 nitrogen and oxygen atoms in total. The van der Waals surface area contributed by atoms with Gasteiger partial charge >= 0.3 is 6.36 Å². The Kier molecular flexibility index (Phi) is 5.33. The van der Waals surface area contributed by atoms with Crippen LogP contribution < -0.4 is 10.5 Å². The van der Waals surface area contributed by atoms with Crippen molar-refractivity contribution in [2.24, 2.45) is 5.73 Å². The highest BCUT2D eigenvalue weighted by atomic mass is 35.5. The molecule has 1 aromatic rings. The third-order valence-corrected chi connectivity index (χ3v) is 1.75. The van der Waals surface area contributed by atoms with Crippen LogP contribution in [0.4, 0.5) is 13.2 Å². The van der Waals surface area contributed by atoms with Crippen molar-refractivity contribution in [2.45, 2.75) is 12.4 Å². The number of alkyl halides is 3. The van der Waals surface area contributed by atoms with Gasteiger partial charge in [-0.05, 0) is 17.7 Å². The molecule has 0 radical (unpaired) electrons. The van der Waals surface area contributed by atoms with Gasteiger partial charge in [0.2, 0.25) is 0 Å². The molecule has 0 spiro atoms. The van der Waals surface area contributed by atoms with Gasteiger partial charge in [0, 0.05) is 6.04 Å². The minimum Gasteiger partial charge on any atom is -0.406 e. The van der Waals surface area contributed by atoms with Gasteiger partial charge in [0.15, 0.2) is 0 Å².